The van der Waals surface area contributed by atoms with E-state index >= 15 is 0 Å². The third-order valence-electron chi connectivity index (χ3n) is 3.93. The first kappa shape index (κ1) is 15.3. The monoisotopic (exact) mass is 277 g/mol. The molecule has 0 aliphatic carbocycles. The van der Waals surface area contributed by atoms with Gasteiger partial charge < -0.3 is 15.0 Å². The molecule has 2 unspecified atom stereocenters. The van der Waals surface area contributed by atoms with E-state index in [1.165, 1.54) is 18.4 Å². The summed E-state index contributed by atoms with van der Waals surface area (Å²) in [4.78, 5) is 6.93. The lowest BCUT2D eigenvalue weighted by Crippen LogP contribution is -2.32. The summed E-state index contributed by atoms with van der Waals surface area (Å²) in [6, 6.07) is 4.66. The quantitative estimate of drug-likeness (QED) is 0.831. The van der Waals surface area contributed by atoms with E-state index in [0.717, 1.165) is 32.1 Å². The normalized spacial score (nSPS) is 20.1. The van der Waals surface area contributed by atoms with Crippen LogP contribution in [0.3, 0.4) is 0 Å². The average molecular weight is 277 g/mol. The number of nitrogens with one attached hydrogen (secondary N) is 1. The Morgan fingerprint density at radius 2 is 2.30 bits per heavy atom. The van der Waals surface area contributed by atoms with Gasteiger partial charge in [-0.25, -0.2) is 4.98 Å². The summed E-state index contributed by atoms with van der Waals surface area (Å²) in [5, 5.41) is 3.41. The Hall–Kier alpha value is -1.13. The number of anilines is 1. The Bertz CT molecular complexity index is 387. The molecule has 1 aliphatic heterocycles. The number of hydrogen-bond acceptors (Lipinski definition) is 4. The zero-order chi connectivity index (χ0) is 14.4. The van der Waals surface area contributed by atoms with E-state index in [0.29, 0.717) is 12.1 Å². The van der Waals surface area contributed by atoms with Gasteiger partial charge in [-0.1, -0.05) is 13.0 Å². The van der Waals surface area contributed by atoms with E-state index < -0.39 is 0 Å². The molecular weight excluding hydrogens is 250 g/mol. The summed E-state index contributed by atoms with van der Waals surface area (Å²) < 4.78 is 5.72. The lowest BCUT2D eigenvalue weighted by Gasteiger charge is -2.25. The van der Waals surface area contributed by atoms with Crippen molar-refractivity contribution in [2.24, 2.45) is 0 Å². The summed E-state index contributed by atoms with van der Waals surface area (Å²) in [5.74, 6) is 1.05. The van der Waals surface area contributed by atoms with E-state index in [2.05, 4.69) is 48.1 Å². The summed E-state index contributed by atoms with van der Waals surface area (Å²) in [6.07, 6.45) is 4.72. The molecule has 112 valence electrons. The van der Waals surface area contributed by atoms with Crippen LogP contribution in [0.15, 0.2) is 18.3 Å². The van der Waals surface area contributed by atoms with Gasteiger partial charge in [-0.3, -0.25) is 0 Å². The molecular formula is C16H27N3O. The van der Waals surface area contributed by atoms with Crippen molar-refractivity contribution in [1.82, 2.24) is 10.3 Å². The molecule has 1 saturated heterocycles. The second-order valence-corrected chi connectivity index (χ2v) is 5.40. The molecule has 0 aromatic carbocycles. The maximum absolute atomic E-state index is 5.72. The van der Waals surface area contributed by atoms with Crippen molar-refractivity contribution in [2.45, 2.75) is 45.8 Å². The second-order valence-electron chi connectivity index (χ2n) is 5.40. The molecule has 0 spiro atoms. The van der Waals surface area contributed by atoms with Crippen LogP contribution < -0.4 is 10.2 Å². The Morgan fingerprint density at radius 3 is 2.85 bits per heavy atom. The minimum absolute atomic E-state index is 0.356. The number of likely N-dealkylation sites (N-methyl/N-ethyl adjacent to an activating group) is 1. The fraction of sp³-hybridized carbons (Fsp3) is 0.688. The molecule has 4 nitrogen and oxygen atoms in total. The van der Waals surface area contributed by atoms with E-state index in [4.69, 9.17) is 4.74 Å². The van der Waals surface area contributed by atoms with E-state index in [1.54, 1.807) is 0 Å². The molecule has 1 aliphatic rings. The van der Waals surface area contributed by atoms with Crippen LogP contribution >= 0.6 is 0 Å². The molecule has 2 rings (SSSR count). The highest BCUT2D eigenvalue weighted by Gasteiger charge is 2.19. The Balaban J connectivity index is 1.98. The number of hydrogen-bond donors (Lipinski definition) is 1. The minimum Gasteiger partial charge on any atom is -0.376 e. The number of rotatable bonds is 7. The maximum atomic E-state index is 5.72. The molecule has 1 N–H and O–H groups in total. The van der Waals surface area contributed by atoms with E-state index in [9.17, 15) is 0 Å². The first-order chi connectivity index (χ1) is 9.74. The number of pyridine rings is 1. The zero-order valence-electron chi connectivity index (χ0n) is 12.9. The van der Waals surface area contributed by atoms with Crippen LogP contribution in [0, 0.1) is 0 Å². The van der Waals surface area contributed by atoms with Gasteiger partial charge >= 0.3 is 0 Å². The van der Waals surface area contributed by atoms with Crippen LogP contribution in [0.2, 0.25) is 0 Å². The molecule has 0 saturated carbocycles. The van der Waals surface area contributed by atoms with Crippen molar-refractivity contribution >= 4 is 5.82 Å². The highest BCUT2D eigenvalue weighted by Crippen LogP contribution is 2.19. The van der Waals surface area contributed by atoms with Gasteiger partial charge in [0.2, 0.25) is 0 Å². The van der Waals surface area contributed by atoms with Crippen LogP contribution in [-0.2, 0) is 4.74 Å². The molecule has 0 amide bonds. The zero-order valence-corrected chi connectivity index (χ0v) is 12.9. The second kappa shape index (κ2) is 7.60. The topological polar surface area (TPSA) is 37.4 Å². The van der Waals surface area contributed by atoms with Crippen molar-refractivity contribution in [3.05, 3.63) is 23.9 Å². The number of nitrogens with zero attached hydrogens (tertiary/aromatic N) is 2. The van der Waals surface area contributed by atoms with Gasteiger partial charge in [0.15, 0.2) is 0 Å². The van der Waals surface area contributed by atoms with Crippen LogP contribution in [-0.4, -0.2) is 37.3 Å². The third-order valence-corrected chi connectivity index (χ3v) is 3.93. The molecule has 2 atom stereocenters. The van der Waals surface area contributed by atoms with Gasteiger partial charge in [0.1, 0.15) is 5.82 Å². The Kier molecular flexibility index (Phi) is 5.80. The van der Waals surface area contributed by atoms with E-state index in [1.807, 2.05) is 6.20 Å². The van der Waals surface area contributed by atoms with Gasteiger partial charge in [0, 0.05) is 31.9 Å². The smallest absolute Gasteiger partial charge is 0.128 e. The predicted octanol–water partition coefficient (Wildman–Crippen LogP) is 2.76. The average Bonchev–Trinajstić information content (AvgIpc) is 2.98. The molecule has 1 fully saturated rings. The van der Waals surface area contributed by atoms with E-state index in [-0.39, 0.29) is 0 Å². The summed E-state index contributed by atoms with van der Waals surface area (Å²) in [7, 11) is 0. The van der Waals surface area contributed by atoms with Gasteiger partial charge in [0.25, 0.3) is 0 Å². The predicted molar refractivity (Wildman–Crippen MR) is 83.2 cm³/mol. The van der Waals surface area contributed by atoms with Crippen LogP contribution in [0.4, 0.5) is 5.82 Å². The molecule has 2 heterocycles. The highest BCUT2D eigenvalue weighted by molar-refractivity contribution is 5.39. The SMILES string of the molecule is CCNC(C)c1ccc(N(CC)CC2CCCO2)nc1. The third kappa shape index (κ3) is 3.93. The molecule has 20 heavy (non-hydrogen) atoms. The molecule has 0 radical (unpaired) electrons. The van der Waals surface area contributed by atoms with Gasteiger partial charge in [-0.2, -0.15) is 0 Å². The van der Waals surface area contributed by atoms with Gasteiger partial charge in [-0.05, 0) is 44.9 Å². The lowest BCUT2D eigenvalue weighted by molar-refractivity contribution is 0.115. The molecule has 1 aromatic heterocycles. The number of ether oxygens (including phenoxy) is 1. The molecule has 1 aromatic rings. The summed E-state index contributed by atoms with van der Waals surface area (Å²) in [6.45, 7) is 10.3. The van der Waals surface area contributed by atoms with Crippen molar-refractivity contribution in [3.63, 3.8) is 0 Å². The van der Waals surface area contributed by atoms with Crippen LogP contribution in [0.5, 0.6) is 0 Å². The maximum Gasteiger partial charge on any atom is 0.128 e. The van der Waals surface area contributed by atoms with Crippen molar-refractivity contribution in [2.75, 3.05) is 31.1 Å². The van der Waals surface area contributed by atoms with Gasteiger partial charge in [0.05, 0.1) is 6.10 Å². The fourth-order valence-corrected chi connectivity index (χ4v) is 2.68. The van der Waals surface area contributed by atoms with Crippen LogP contribution in [0.1, 0.15) is 45.2 Å². The van der Waals surface area contributed by atoms with Crippen molar-refractivity contribution in [3.8, 4) is 0 Å². The molecule has 0 bridgehead atoms. The minimum atomic E-state index is 0.356. The van der Waals surface area contributed by atoms with Gasteiger partial charge in [-0.15, -0.1) is 0 Å². The molecule has 4 heteroatoms. The Labute approximate surface area is 122 Å². The highest BCUT2D eigenvalue weighted by atomic mass is 16.5. The van der Waals surface area contributed by atoms with Crippen molar-refractivity contribution < 1.29 is 4.74 Å². The number of aromatic nitrogens is 1. The first-order valence-corrected chi connectivity index (χ1v) is 7.80. The van der Waals surface area contributed by atoms with Crippen LogP contribution in [0.25, 0.3) is 0 Å². The lowest BCUT2D eigenvalue weighted by atomic mass is 10.1. The largest absolute Gasteiger partial charge is 0.376 e. The first-order valence-electron chi connectivity index (χ1n) is 7.80. The summed E-state index contributed by atoms with van der Waals surface area (Å²) in [5.41, 5.74) is 1.24. The summed E-state index contributed by atoms with van der Waals surface area (Å²) >= 11 is 0. The standard InChI is InChI=1S/C16H27N3O/c1-4-17-13(3)14-8-9-16(18-11-14)19(5-2)12-15-7-6-10-20-15/h8-9,11,13,15,17H,4-7,10,12H2,1-3H3. The fourth-order valence-electron chi connectivity index (χ4n) is 2.68. The Morgan fingerprint density at radius 1 is 1.45 bits per heavy atom. The van der Waals surface area contributed by atoms with Crippen molar-refractivity contribution in [1.29, 1.82) is 0 Å².